The molecule has 100 valence electrons. The summed E-state index contributed by atoms with van der Waals surface area (Å²) >= 11 is 0. The molecule has 5 nitrogen and oxygen atoms in total. The Balaban J connectivity index is 2.37. The minimum Gasteiger partial charge on any atom is -0.481 e. The molecule has 0 radical (unpaired) electrons. The fourth-order valence-electron chi connectivity index (χ4n) is 1.35. The molecule has 0 saturated carbocycles. The van der Waals surface area contributed by atoms with Crippen LogP contribution in [0.15, 0.2) is 23.3 Å². The summed E-state index contributed by atoms with van der Waals surface area (Å²) in [6.07, 6.45) is 2.82. The summed E-state index contributed by atoms with van der Waals surface area (Å²) in [5, 5.41) is 3.09. The fraction of sp³-hybridized carbons (Fsp3) is 0.538. The van der Waals surface area contributed by atoms with Crippen LogP contribution in [0.3, 0.4) is 0 Å². The van der Waals surface area contributed by atoms with Gasteiger partial charge in [0.25, 0.3) is 0 Å². The maximum Gasteiger partial charge on any atom is 0.212 e. The van der Waals surface area contributed by atoms with E-state index >= 15 is 0 Å². The predicted octanol–water partition coefficient (Wildman–Crippen LogP) is 1.54. The average Bonchev–Trinajstić information content (AvgIpc) is 2.36. The Hall–Kier alpha value is -1.78. The van der Waals surface area contributed by atoms with Crippen molar-refractivity contribution in [1.82, 2.24) is 10.3 Å². The smallest absolute Gasteiger partial charge is 0.212 e. The van der Waals surface area contributed by atoms with Crippen LogP contribution >= 0.6 is 0 Å². The zero-order valence-corrected chi connectivity index (χ0v) is 11.3. The monoisotopic (exact) mass is 250 g/mol. The van der Waals surface area contributed by atoms with Crippen LogP contribution in [0.25, 0.3) is 0 Å². The second kappa shape index (κ2) is 7.53. The van der Waals surface area contributed by atoms with Crippen molar-refractivity contribution in [3.05, 3.63) is 23.9 Å². The van der Waals surface area contributed by atoms with Gasteiger partial charge in [-0.3, -0.25) is 0 Å². The van der Waals surface area contributed by atoms with Crippen molar-refractivity contribution in [2.24, 2.45) is 16.6 Å². The second-order valence-corrected chi connectivity index (χ2v) is 4.52. The lowest BCUT2D eigenvalue weighted by Crippen LogP contribution is -2.32. The zero-order chi connectivity index (χ0) is 13.4. The van der Waals surface area contributed by atoms with Gasteiger partial charge in [0.1, 0.15) is 0 Å². The lowest BCUT2D eigenvalue weighted by atomic mass is 10.1. The van der Waals surface area contributed by atoms with Gasteiger partial charge in [0.2, 0.25) is 5.88 Å². The summed E-state index contributed by atoms with van der Waals surface area (Å²) in [5.74, 6) is 1.74. The highest BCUT2D eigenvalue weighted by Gasteiger charge is 1.97. The molecule has 0 spiro atoms. The Morgan fingerprint density at radius 1 is 1.50 bits per heavy atom. The Morgan fingerprint density at radius 2 is 2.28 bits per heavy atom. The van der Waals surface area contributed by atoms with Gasteiger partial charge in [-0.1, -0.05) is 19.9 Å². The number of methoxy groups -OCH3 is 1. The van der Waals surface area contributed by atoms with Crippen molar-refractivity contribution in [2.75, 3.05) is 13.7 Å². The first-order valence-corrected chi connectivity index (χ1v) is 6.14. The summed E-state index contributed by atoms with van der Waals surface area (Å²) in [6, 6.07) is 3.74. The quantitative estimate of drug-likeness (QED) is 0.593. The first-order chi connectivity index (χ1) is 8.61. The van der Waals surface area contributed by atoms with Crippen molar-refractivity contribution in [3.8, 4) is 5.88 Å². The summed E-state index contributed by atoms with van der Waals surface area (Å²) in [5.41, 5.74) is 6.76. The first-order valence-electron chi connectivity index (χ1n) is 6.14. The van der Waals surface area contributed by atoms with Crippen molar-refractivity contribution in [3.63, 3.8) is 0 Å². The third-order valence-corrected chi connectivity index (χ3v) is 2.47. The number of rotatable bonds is 6. The molecule has 0 atom stereocenters. The number of pyridine rings is 1. The van der Waals surface area contributed by atoms with Crippen LogP contribution in [0.2, 0.25) is 0 Å². The molecule has 1 heterocycles. The van der Waals surface area contributed by atoms with Crippen molar-refractivity contribution < 1.29 is 4.74 Å². The predicted molar refractivity (Wildman–Crippen MR) is 73.6 cm³/mol. The van der Waals surface area contributed by atoms with Gasteiger partial charge in [-0.05, 0) is 17.9 Å². The van der Waals surface area contributed by atoms with Crippen LogP contribution in [0.5, 0.6) is 5.88 Å². The summed E-state index contributed by atoms with van der Waals surface area (Å²) in [4.78, 5) is 8.36. The van der Waals surface area contributed by atoms with Crippen molar-refractivity contribution >= 4 is 5.96 Å². The van der Waals surface area contributed by atoms with Gasteiger partial charge in [-0.2, -0.15) is 0 Å². The highest BCUT2D eigenvalue weighted by atomic mass is 16.5. The van der Waals surface area contributed by atoms with Gasteiger partial charge < -0.3 is 15.8 Å². The highest BCUT2D eigenvalue weighted by molar-refractivity contribution is 5.77. The Morgan fingerprint density at radius 3 is 2.83 bits per heavy atom. The molecule has 1 aromatic rings. The lowest BCUT2D eigenvalue weighted by molar-refractivity contribution is 0.397. The molecule has 0 unspecified atom stereocenters. The number of aliphatic imine (C=N–C) groups is 1. The van der Waals surface area contributed by atoms with Gasteiger partial charge >= 0.3 is 0 Å². The van der Waals surface area contributed by atoms with Crippen LogP contribution in [0, 0.1) is 5.92 Å². The summed E-state index contributed by atoms with van der Waals surface area (Å²) in [7, 11) is 1.59. The fourth-order valence-corrected chi connectivity index (χ4v) is 1.35. The first kappa shape index (κ1) is 14.3. The van der Waals surface area contributed by atoms with E-state index in [9.17, 15) is 0 Å². The third kappa shape index (κ3) is 5.52. The normalized spacial score (nSPS) is 11.7. The van der Waals surface area contributed by atoms with Gasteiger partial charge in [0.15, 0.2) is 5.96 Å². The van der Waals surface area contributed by atoms with Crippen LogP contribution in [-0.2, 0) is 6.54 Å². The molecule has 0 aliphatic rings. The van der Waals surface area contributed by atoms with Crippen LogP contribution < -0.4 is 15.8 Å². The SMILES string of the molecule is COc1ccc(CN=C(N)NCCC(C)C)cn1. The highest BCUT2D eigenvalue weighted by Crippen LogP contribution is 2.07. The number of nitrogens with zero attached hydrogens (tertiary/aromatic N) is 2. The van der Waals surface area contributed by atoms with Gasteiger partial charge in [-0.25, -0.2) is 9.98 Å². The largest absolute Gasteiger partial charge is 0.481 e. The molecular weight excluding hydrogens is 228 g/mol. The van der Waals surface area contributed by atoms with Crippen molar-refractivity contribution in [2.45, 2.75) is 26.8 Å². The molecule has 0 aromatic carbocycles. The van der Waals surface area contributed by atoms with Crippen molar-refractivity contribution in [1.29, 1.82) is 0 Å². The van der Waals surface area contributed by atoms with E-state index in [1.54, 1.807) is 13.3 Å². The molecule has 0 amide bonds. The molecule has 0 saturated heterocycles. The maximum absolute atomic E-state index is 5.76. The zero-order valence-electron chi connectivity index (χ0n) is 11.3. The van der Waals surface area contributed by atoms with Crippen LogP contribution in [0.4, 0.5) is 0 Å². The minimum atomic E-state index is 0.478. The van der Waals surface area contributed by atoms with E-state index in [0.29, 0.717) is 24.3 Å². The average molecular weight is 250 g/mol. The summed E-state index contributed by atoms with van der Waals surface area (Å²) in [6.45, 7) is 5.74. The maximum atomic E-state index is 5.76. The molecule has 18 heavy (non-hydrogen) atoms. The Kier molecular flexibility index (Phi) is 5.97. The van der Waals surface area contributed by atoms with E-state index < -0.39 is 0 Å². The number of nitrogens with two attached hydrogens (primary N) is 1. The van der Waals surface area contributed by atoms with E-state index in [1.807, 2.05) is 12.1 Å². The Labute approximate surface area is 108 Å². The second-order valence-electron chi connectivity index (χ2n) is 4.52. The molecule has 1 rings (SSSR count). The molecule has 0 aliphatic carbocycles. The van der Waals surface area contributed by atoms with E-state index in [2.05, 4.69) is 29.1 Å². The molecule has 0 fully saturated rings. The molecule has 0 aliphatic heterocycles. The van der Waals surface area contributed by atoms with Crippen LogP contribution in [0.1, 0.15) is 25.8 Å². The molecule has 1 aromatic heterocycles. The van der Waals surface area contributed by atoms with Gasteiger partial charge in [-0.15, -0.1) is 0 Å². The summed E-state index contributed by atoms with van der Waals surface area (Å²) < 4.78 is 4.99. The Bertz CT molecular complexity index is 373. The number of hydrogen-bond donors (Lipinski definition) is 2. The van der Waals surface area contributed by atoms with E-state index in [-0.39, 0.29) is 0 Å². The number of aromatic nitrogens is 1. The number of hydrogen-bond acceptors (Lipinski definition) is 3. The topological polar surface area (TPSA) is 72.5 Å². The molecule has 0 bridgehead atoms. The lowest BCUT2D eigenvalue weighted by Gasteiger charge is -2.07. The molecule has 3 N–H and O–H groups in total. The molecule has 5 heteroatoms. The van der Waals surface area contributed by atoms with E-state index in [4.69, 9.17) is 10.5 Å². The van der Waals surface area contributed by atoms with Crippen LogP contribution in [-0.4, -0.2) is 24.6 Å². The third-order valence-electron chi connectivity index (χ3n) is 2.47. The van der Waals surface area contributed by atoms with Gasteiger partial charge in [0, 0.05) is 18.8 Å². The standard InChI is InChI=1S/C13H22N4O/c1-10(2)6-7-15-13(14)17-9-11-4-5-12(18-3)16-8-11/h4-5,8,10H,6-7,9H2,1-3H3,(H3,14,15,17). The number of nitrogens with one attached hydrogen (secondary N) is 1. The minimum absolute atomic E-state index is 0.478. The van der Waals surface area contributed by atoms with E-state index in [1.165, 1.54) is 0 Å². The number of ether oxygens (including phenoxy) is 1. The molecular formula is C13H22N4O. The number of guanidine groups is 1. The van der Waals surface area contributed by atoms with E-state index in [0.717, 1.165) is 18.5 Å². The van der Waals surface area contributed by atoms with Gasteiger partial charge in [0.05, 0.1) is 13.7 Å².